The second kappa shape index (κ2) is 12.9. The van der Waals surface area contributed by atoms with Crippen molar-refractivity contribution < 1.29 is 22.7 Å². The van der Waals surface area contributed by atoms with Gasteiger partial charge in [0.1, 0.15) is 0 Å². The molecule has 0 saturated carbocycles. The van der Waals surface area contributed by atoms with Crippen LogP contribution in [0.15, 0.2) is 47.5 Å². The maximum atomic E-state index is 12.5. The summed E-state index contributed by atoms with van der Waals surface area (Å²) in [6.45, 7) is 5.32. The van der Waals surface area contributed by atoms with Crippen LogP contribution in [0.5, 0.6) is 0 Å². The number of carbonyl (C=O) groups excluding carboxylic acids is 2. The van der Waals surface area contributed by atoms with Crippen molar-refractivity contribution in [2.45, 2.75) is 57.5 Å². The summed E-state index contributed by atoms with van der Waals surface area (Å²) in [5.74, 6) is -0.726. The van der Waals surface area contributed by atoms with Crippen molar-refractivity contribution in [2.75, 3.05) is 13.2 Å². The normalized spacial score (nSPS) is 11.2. The number of hydrogen-bond donors (Lipinski definition) is 2. The van der Waals surface area contributed by atoms with Gasteiger partial charge in [-0.15, -0.1) is 0 Å². The molecule has 0 aliphatic rings. The largest absolute Gasteiger partial charge is 0.375 e. The first-order valence-electron chi connectivity index (χ1n) is 10.8. The molecule has 0 saturated heterocycles. The van der Waals surface area contributed by atoms with Crippen molar-refractivity contribution >= 4 is 21.8 Å². The lowest BCUT2D eigenvalue weighted by atomic mass is 10.1. The van der Waals surface area contributed by atoms with Gasteiger partial charge in [0.15, 0.2) is 0 Å². The van der Waals surface area contributed by atoms with Gasteiger partial charge in [-0.25, -0.2) is 13.1 Å². The van der Waals surface area contributed by atoms with Crippen molar-refractivity contribution in [3.8, 4) is 0 Å². The van der Waals surface area contributed by atoms with E-state index in [2.05, 4.69) is 21.9 Å². The van der Waals surface area contributed by atoms with Crippen LogP contribution >= 0.6 is 0 Å². The predicted octanol–water partition coefficient (Wildman–Crippen LogP) is 2.98. The Kier molecular flexibility index (Phi) is 10.3. The minimum Gasteiger partial charge on any atom is -0.375 e. The molecule has 0 aliphatic heterocycles. The van der Waals surface area contributed by atoms with Crippen molar-refractivity contribution in [3.05, 3.63) is 59.4 Å². The highest BCUT2D eigenvalue weighted by Crippen LogP contribution is 2.12. The maximum Gasteiger partial charge on any atom is 0.266 e. The number of amides is 2. The molecule has 2 aromatic rings. The lowest BCUT2D eigenvalue weighted by molar-refractivity contribution is -0.121. The van der Waals surface area contributed by atoms with Crippen LogP contribution in [0.4, 0.5) is 0 Å². The molecule has 9 heteroatoms. The summed E-state index contributed by atoms with van der Waals surface area (Å²) < 4.78 is 32.4. The SMILES string of the molecule is CCCCCC(=O)NCCc1ccc(S(=O)(=O)NC(=O)c2ccc(COCC)nc2)cc1. The van der Waals surface area contributed by atoms with E-state index in [1.54, 1.807) is 18.2 Å². The molecule has 0 atom stereocenters. The molecule has 0 aliphatic carbocycles. The number of unbranched alkanes of at least 4 members (excludes halogenated alkanes) is 2. The first-order chi connectivity index (χ1) is 15.4. The second-order valence-corrected chi connectivity index (χ2v) is 8.99. The van der Waals surface area contributed by atoms with Crippen molar-refractivity contribution in [2.24, 2.45) is 0 Å². The van der Waals surface area contributed by atoms with Crippen LogP contribution in [0.2, 0.25) is 0 Å². The Labute approximate surface area is 189 Å². The average Bonchev–Trinajstić information content (AvgIpc) is 2.78. The fourth-order valence-electron chi connectivity index (χ4n) is 2.90. The zero-order valence-corrected chi connectivity index (χ0v) is 19.4. The van der Waals surface area contributed by atoms with Crippen LogP contribution < -0.4 is 10.0 Å². The number of carbonyl (C=O) groups is 2. The minimum atomic E-state index is -4.02. The van der Waals surface area contributed by atoms with E-state index in [0.29, 0.717) is 38.3 Å². The van der Waals surface area contributed by atoms with Crippen LogP contribution in [0, 0.1) is 0 Å². The Morgan fingerprint density at radius 3 is 2.41 bits per heavy atom. The lowest BCUT2D eigenvalue weighted by Crippen LogP contribution is -2.30. The third-order valence-electron chi connectivity index (χ3n) is 4.74. The Balaban J connectivity index is 1.88. The number of ether oxygens (including phenoxy) is 1. The number of rotatable bonds is 13. The molecule has 1 aromatic heterocycles. The molecule has 174 valence electrons. The van der Waals surface area contributed by atoms with E-state index in [9.17, 15) is 18.0 Å². The monoisotopic (exact) mass is 461 g/mol. The van der Waals surface area contributed by atoms with Crippen LogP contribution in [-0.4, -0.2) is 38.4 Å². The zero-order chi connectivity index (χ0) is 23.4. The molecule has 8 nitrogen and oxygen atoms in total. The van der Waals surface area contributed by atoms with E-state index in [0.717, 1.165) is 24.8 Å². The van der Waals surface area contributed by atoms with Crippen molar-refractivity contribution in [1.29, 1.82) is 0 Å². The molecule has 1 aromatic carbocycles. The van der Waals surface area contributed by atoms with Crippen molar-refractivity contribution in [1.82, 2.24) is 15.0 Å². The lowest BCUT2D eigenvalue weighted by Gasteiger charge is -2.09. The summed E-state index contributed by atoms with van der Waals surface area (Å²) in [5, 5.41) is 2.87. The molecule has 0 bridgehead atoms. The molecule has 2 amide bonds. The third-order valence-corrected chi connectivity index (χ3v) is 6.09. The Hall–Kier alpha value is -2.78. The van der Waals surface area contributed by atoms with Gasteiger partial charge in [0.05, 0.1) is 22.8 Å². The van der Waals surface area contributed by atoms with Gasteiger partial charge in [-0.3, -0.25) is 14.6 Å². The van der Waals surface area contributed by atoms with E-state index in [4.69, 9.17) is 4.74 Å². The highest BCUT2D eigenvalue weighted by Gasteiger charge is 2.19. The Morgan fingerprint density at radius 2 is 1.78 bits per heavy atom. The van der Waals surface area contributed by atoms with E-state index in [1.165, 1.54) is 24.4 Å². The fourth-order valence-corrected chi connectivity index (χ4v) is 3.87. The first kappa shape index (κ1) is 25.5. The number of nitrogens with one attached hydrogen (secondary N) is 2. The molecule has 2 rings (SSSR count). The first-order valence-corrected chi connectivity index (χ1v) is 12.3. The number of nitrogens with zero attached hydrogens (tertiary/aromatic N) is 1. The van der Waals surface area contributed by atoms with E-state index >= 15 is 0 Å². The van der Waals surface area contributed by atoms with Gasteiger partial charge in [-0.2, -0.15) is 0 Å². The molecule has 1 heterocycles. The topological polar surface area (TPSA) is 114 Å². The Morgan fingerprint density at radius 1 is 1.03 bits per heavy atom. The number of benzene rings is 1. The van der Waals surface area contributed by atoms with Crippen LogP contribution in [0.3, 0.4) is 0 Å². The number of pyridine rings is 1. The van der Waals surface area contributed by atoms with Gasteiger partial charge < -0.3 is 10.1 Å². The molecule has 0 spiro atoms. The summed E-state index contributed by atoms with van der Waals surface area (Å²) >= 11 is 0. The van der Waals surface area contributed by atoms with Gasteiger partial charge >= 0.3 is 0 Å². The van der Waals surface area contributed by atoms with E-state index in [-0.39, 0.29) is 16.4 Å². The van der Waals surface area contributed by atoms with Gasteiger partial charge in [-0.1, -0.05) is 31.9 Å². The van der Waals surface area contributed by atoms with E-state index in [1.807, 2.05) is 6.92 Å². The summed E-state index contributed by atoms with van der Waals surface area (Å²) in [6.07, 6.45) is 5.42. The van der Waals surface area contributed by atoms with Gasteiger partial charge in [-0.05, 0) is 49.6 Å². The number of hydrogen-bond acceptors (Lipinski definition) is 6. The van der Waals surface area contributed by atoms with E-state index < -0.39 is 15.9 Å². The summed E-state index contributed by atoms with van der Waals surface area (Å²) in [6, 6.07) is 9.36. The molecule has 0 fully saturated rings. The zero-order valence-electron chi connectivity index (χ0n) is 18.6. The molecular weight excluding hydrogens is 430 g/mol. The molecular formula is C23H31N3O5S. The van der Waals surface area contributed by atoms with Crippen LogP contribution in [0.25, 0.3) is 0 Å². The highest BCUT2D eigenvalue weighted by molar-refractivity contribution is 7.90. The summed E-state index contributed by atoms with van der Waals surface area (Å²) in [4.78, 5) is 28.1. The molecule has 0 radical (unpaired) electrons. The number of sulfonamides is 1. The van der Waals surface area contributed by atoms with Crippen molar-refractivity contribution in [3.63, 3.8) is 0 Å². The minimum absolute atomic E-state index is 0.0147. The second-order valence-electron chi connectivity index (χ2n) is 7.31. The van der Waals surface area contributed by atoms with Crippen LogP contribution in [-0.2, 0) is 32.6 Å². The number of aromatic nitrogens is 1. The maximum absolute atomic E-state index is 12.5. The summed E-state index contributed by atoms with van der Waals surface area (Å²) in [7, 11) is -4.02. The molecule has 32 heavy (non-hydrogen) atoms. The quantitative estimate of drug-likeness (QED) is 0.443. The molecule has 2 N–H and O–H groups in total. The Bertz CT molecular complexity index is 974. The average molecular weight is 462 g/mol. The fraction of sp³-hybridized carbons (Fsp3) is 0.435. The summed E-state index contributed by atoms with van der Waals surface area (Å²) in [5.41, 5.74) is 1.68. The van der Waals surface area contributed by atoms with Gasteiger partial charge in [0.25, 0.3) is 15.9 Å². The van der Waals surface area contributed by atoms with Crippen LogP contribution in [0.1, 0.15) is 61.1 Å². The molecule has 0 unspecified atom stereocenters. The highest BCUT2D eigenvalue weighted by atomic mass is 32.2. The van der Waals surface area contributed by atoms with Gasteiger partial charge in [0, 0.05) is 25.8 Å². The smallest absolute Gasteiger partial charge is 0.266 e. The third kappa shape index (κ3) is 8.39. The van der Waals surface area contributed by atoms with Gasteiger partial charge in [0.2, 0.25) is 5.91 Å². The standard InChI is InChI=1S/C23H31N3O5S/c1-3-5-6-7-22(27)24-15-14-18-8-12-21(13-9-18)32(29,30)26-23(28)19-10-11-20(25-16-19)17-31-4-2/h8-13,16H,3-7,14-15,17H2,1-2H3,(H,24,27)(H,26,28). The predicted molar refractivity (Wildman–Crippen MR) is 122 cm³/mol.